The Kier molecular flexibility index (Phi) is 2.03. The zero-order valence-electron chi connectivity index (χ0n) is 11.1. The first-order chi connectivity index (χ1) is 9.14. The summed E-state index contributed by atoms with van der Waals surface area (Å²) in [6.07, 6.45) is 8.65. The lowest BCUT2D eigenvalue weighted by Crippen LogP contribution is -2.16. The number of rotatable bonds is 0. The van der Waals surface area contributed by atoms with E-state index in [-0.39, 0.29) is 17.6 Å². The molecule has 3 aliphatic rings. The summed E-state index contributed by atoms with van der Waals surface area (Å²) in [6.45, 7) is 4.37. The standard InChI is InChI=1S/C17H16O2/c1-17(2)9-7-12-14(8-10-17)19-15-11-5-3-4-6-13(11)18-16(12)15/h3-10,15-16H,1-2H3. The highest BCUT2D eigenvalue weighted by atomic mass is 16.6. The molecule has 2 unspecified atom stereocenters. The maximum Gasteiger partial charge on any atom is 0.168 e. The van der Waals surface area contributed by atoms with Gasteiger partial charge in [0.2, 0.25) is 0 Å². The van der Waals surface area contributed by atoms with Crippen LogP contribution in [0.25, 0.3) is 0 Å². The predicted octanol–water partition coefficient (Wildman–Crippen LogP) is 3.93. The van der Waals surface area contributed by atoms with Crippen LogP contribution in [0.4, 0.5) is 0 Å². The third-order valence-electron chi connectivity index (χ3n) is 3.96. The van der Waals surface area contributed by atoms with Gasteiger partial charge < -0.3 is 9.47 Å². The number of para-hydroxylation sites is 1. The van der Waals surface area contributed by atoms with Crippen LogP contribution in [0, 0.1) is 5.41 Å². The van der Waals surface area contributed by atoms with E-state index in [1.165, 1.54) is 0 Å². The van der Waals surface area contributed by atoms with Crippen LogP contribution in [0.5, 0.6) is 5.75 Å². The molecule has 2 heteroatoms. The van der Waals surface area contributed by atoms with E-state index in [2.05, 4.69) is 44.2 Å². The minimum Gasteiger partial charge on any atom is -0.481 e. The van der Waals surface area contributed by atoms with Crippen LogP contribution in [-0.2, 0) is 4.74 Å². The molecule has 19 heavy (non-hydrogen) atoms. The van der Waals surface area contributed by atoms with E-state index in [1.807, 2.05) is 18.2 Å². The molecule has 0 fully saturated rings. The van der Waals surface area contributed by atoms with E-state index in [0.717, 1.165) is 22.6 Å². The Morgan fingerprint density at radius 1 is 0.947 bits per heavy atom. The maximum atomic E-state index is 6.11. The van der Waals surface area contributed by atoms with Crippen LogP contribution in [0.2, 0.25) is 0 Å². The van der Waals surface area contributed by atoms with Crippen molar-refractivity contribution in [2.45, 2.75) is 26.1 Å². The fourth-order valence-electron chi connectivity index (χ4n) is 2.84. The second-order valence-electron chi connectivity index (χ2n) is 5.92. The summed E-state index contributed by atoms with van der Waals surface area (Å²) in [5.41, 5.74) is 2.37. The van der Waals surface area contributed by atoms with Crippen molar-refractivity contribution in [2.24, 2.45) is 5.41 Å². The van der Waals surface area contributed by atoms with Gasteiger partial charge in [-0.2, -0.15) is 0 Å². The zero-order valence-corrected chi connectivity index (χ0v) is 11.1. The first-order valence-corrected chi connectivity index (χ1v) is 6.69. The first-order valence-electron chi connectivity index (χ1n) is 6.69. The van der Waals surface area contributed by atoms with Crippen LogP contribution >= 0.6 is 0 Å². The lowest BCUT2D eigenvalue weighted by molar-refractivity contribution is 0.0968. The number of hydrogen-bond donors (Lipinski definition) is 0. The number of fused-ring (bicyclic) bond motifs is 4. The van der Waals surface area contributed by atoms with Crippen molar-refractivity contribution in [3.05, 3.63) is 65.5 Å². The summed E-state index contributed by atoms with van der Waals surface area (Å²) in [5, 5.41) is 0. The average molecular weight is 252 g/mol. The minimum absolute atomic E-state index is 0.00204. The third kappa shape index (κ3) is 1.56. The van der Waals surface area contributed by atoms with E-state index in [0.29, 0.717) is 0 Å². The molecule has 0 saturated heterocycles. The van der Waals surface area contributed by atoms with Gasteiger partial charge in [0.15, 0.2) is 12.2 Å². The van der Waals surface area contributed by atoms with Gasteiger partial charge in [-0.3, -0.25) is 0 Å². The van der Waals surface area contributed by atoms with Crippen LogP contribution < -0.4 is 4.74 Å². The van der Waals surface area contributed by atoms with Gasteiger partial charge in [-0.15, -0.1) is 0 Å². The molecule has 0 aromatic heterocycles. The molecule has 0 N–H and O–H groups in total. The molecule has 0 bridgehead atoms. The van der Waals surface area contributed by atoms with Crippen LogP contribution in [0.15, 0.2) is 59.9 Å². The fourth-order valence-corrected chi connectivity index (χ4v) is 2.84. The van der Waals surface area contributed by atoms with Crippen molar-refractivity contribution in [3.8, 4) is 5.75 Å². The minimum atomic E-state index is 0.00204. The molecule has 0 amide bonds. The average Bonchev–Trinajstić information content (AvgIpc) is 2.85. The fraction of sp³-hybridized carbons (Fsp3) is 0.294. The van der Waals surface area contributed by atoms with Crippen LogP contribution in [-0.4, -0.2) is 6.10 Å². The van der Waals surface area contributed by atoms with E-state index in [1.54, 1.807) is 0 Å². The highest BCUT2D eigenvalue weighted by Gasteiger charge is 2.44. The molecule has 1 aromatic rings. The van der Waals surface area contributed by atoms with Crippen molar-refractivity contribution in [1.82, 2.24) is 0 Å². The molecule has 96 valence electrons. The summed E-state index contributed by atoms with van der Waals surface area (Å²) in [7, 11) is 0. The van der Waals surface area contributed by atoms with Crippen molar-refractivity contribution < 1.29 is 9.47 Å². The van der Waals surface area contributed by atoms with Gasteiger partial charge in [-0.25, -0.2) is 0 Å². The molecule has 1 aromatic carbocycles. The van der Waals surface area contributed by atoms with Gasteiger partial charge in [0.05, 0.1) is 0 Å². The molecule has 2 aliphatic heterocycles. The van der Waals surface area contributed by atoms with E-state index < -0.39 is 0 Å². The van der Waals surface area contributed by atoms with Crippen molar-refractivity contribution in [2.75, 3.05) is 0 Å². The number of allylic oxidation sites excluding steroid dienone is 3. The molecule has 0 spiro atoms. The SMILES string of the molecule is CC1(C)C=CC2=C(C=C1)C1Oc3ccccc3C1O2. The lowest BCUT2D eigenvalue weighted by atomic mass is 9.92. The number of benzene rings is 1. The van der Waals surface area contributed by atoms with E-state index in [4.69, 9.17) is 9.47 Å². The monoisotopic (exact) mass is 252 g/mol. The highest BCUT2D eigenvalue weighted by molar-refractivity contribution is 5.50. The summed E-state index contributed by atoms with van der Waals surface area (Å²) >= 11 is 0. The maximum absolute atomic E-state index is 6.11. The summed E-state index contributed by atoms with van der Waals surface area (Å²) in [5.74, 6) is 1.90. The van der Waals surface area contributed by atoms with Gasteiger partial charge in [-0.1, -0.05) is 50.3 Å². The topological polar surface area (TPSA) is 18.5 Å². The molecule has 4 rings (SSSR count). The second kappa shape index (κ2) is 3.53. The van der Waals surface area contributed by atoms with E-state index in [9.17, 15) is 0 Å². The summed E-state index contributed by atoms with van der Waals surface area (Å²) < 4.78 is 12.2. The molecular formula is C17H16O2. The highest BCUT2D eigenvalue weighted by Crippen LogP contribution is 2.49. The Bertz CT molecular complexity index is 634. The smallest absolute Gasteiger partial charge is 0.168 e. The molecular weight excluding hydrogens is 236 g/mol. The van der Waals surface area contributed by atoms with Gasteiger partial charge in [0.1, 0.15) is 11.5 Å². The summed E-state index contributed by atoms with van der Waals surface area (Å²) in [4.78, 5) is 0. The Morgan fingerprint density at radius 2 is 1.74 bits per heavy atom. The van der Waals surface area contributed by atoms with E-state index >= 15 is 0 Å². The summed E-state index contributed by atoms with van der Waals surface area (Å²) in [6, 6.07) is 8.13. The van der Waals surface area contributed by atoms with Crippen LogP contribution in [0.3, 0.4) is 0 Å². The third-order valence-corrected chi connectivity index (χ3v) is 3.96. The van der Waals surface area contributed by atoms with Gasteiger partial charge in [0.25, 0.3) is 0 Å². The zero-order chi connectivity index (χ0) is 13.0. The van der Waals surface area contributed by atoms with Crippen LogP contribution in [0.1, 0.15) is 25.5 Å². The molecule has 0 saturated carbocycles. The largest absolute Gasteiger partial charge is 0.481 e. The second-order valence-corrected chi connectivity index (χ2v) is 5.92. The van der Waals surface area contributed by atoms with Crippen molar-refractivity contribution >= 4 is 0 Å². The Labute approximate surface area is 113 Å². The normalized spacial score (nSPS) is 29.2. The molecule has 2 atom stereocenters. The Morgan fingerprint density at radius 3 is 2.63 bits per heavy atom. The van der Waals surface area contributed by atoms with Gasteiger partial charge >= 0.3 is 0 Å². The predicted molar refractivity (Wildman–Crippen MR) is 73.8 cm³/mol. The lowest BCUT2D eigenvalue weighted by Gasteiger charge is -2.15. The van der Waals surface area contributed by atoms with Crippen molar-refractivity contribution in [1.29, 1.82) is 0 Å². The van der Waals surface area contributed by atoms with Crippen molar-refractivity contribution in [3.63, 3.8) is 0 Å². The Hall–Kier alpha value is -1.96. The van der Waals surface area contributed by atoms with Gasteiger partial charge in [0, 0.05) is 16.6 Å². The van der Waals surface area contributed by atoms with Gasteiger partial charge in [-0.05, 0) is 12.1 Å². The molecule has 2 heterocycles. The molecule has 2 nitrogen and oxygen atoms in total. The Balaban J connectivity index is 1.75. The first kappa shape index (κ1) is 10.9. The molecule has 1 aliphatic carbocycles. The quantitative estimate of drug-likeness (QED) is 0.696. The number of hydrogen-bond acceptors (Lipinski definition) is 2. The molecule has 0 radical (unpaired) electrons. The number of ether oxygens (including phenoxy) is 2.